The molecule has 4 nitrogen and oxygen atoms in total. The van der Waals surface area contributed by atoms with Crippen LogP contribution in [0, 0.1) is 0 Å². The summed E-state index contributed by atoms with van der Waals surface area (Å²) >= 11 is 0. The third-order valence-corrected chi connectivity index (χ3v) is 1.44. The third kappa shape index (κ3) is 2.49. The predicted molar refractivity (Wildman–Crippen MR) is 46.2 cm³/mol. The fraction of sp³-hybridized carbons (Fsp3) is 0.111. The summed E-state index contributed by atoms with van der Waals surface area (Å²) in [5.41, 5.74) is 1.64. The molecule has 0 atom stereocenters. The lowest BCUT2D eigenvalue weighted by Gasteiger charge is -2.06. The zero-order valence-corrected chi connectivity index (χ0v) is 6.78. The molecule has 1 rings (SSSR count). The highest BCUT2D eigenvalue weighted by Crippen LogP contribution is 2.21. The number of nitrogens with zero attached hydrogens (tertiary/aromatic N) is 2. The molecule has 0 fully saturated rings. The van der Waals surface area contributed by atoms with E-state index in [1.165, 1.54) is 18.2 Å². The fourth-order valence-electron chi connectivity index (χ4n) is 1.00. The van der Waals surface area contributed by atoms with Gasteiger partial charge in [-0.3, -0.25) is 0 Å². The number of aliphatic imine (C=N–C) groups is 2. The number of rotatable bonds is 2. The Morgan fingerprint density at radius 3 is 2.54 bits per heavy atom. The average molecular weight is 174 g/mol. The lowest BCUT2D eigenvalue weighted by atomic mass is 10.1. The zero-order chi connectivity index (χ0) is 9.68. The Morgan fingerprint density at radius 1 is 1.23 bits per heavy atom. The first-order valence-corrected chi connectivity index (χ1v) is 3.52. The first kappa shape index (κ1) is 9.07. The molecule has 1 aliphatic rings. The van der Waals surface area contributed by atoms with Crippen LogP contribution in [0.2, 0.25) is 0 Å². The first-order valence-electron chi connectivity index (χ1n) is 3.52. The molecule has 0 aromatic carbocycles. The molecule has 0 amide bonds. The highest BCUT2D eigenvalue weighted by atomic mass is 16.1. The van der Waals surface area contributed by atoms with Crippen LogP contribution in [-0.2, 0) is 9.59 Å². The second-order valence-electron chi connectivity index (χ2n) is 2.45. The van der Waals surface area contributed by atoms with Gasteiger partial charge >= 0.3 is 0 Å². The maximum atomic E-state index is 9.95. The van der Waals surface area contributed by atoms with Crippen LogP contribution in [0.1, 0.15) is 6.42 Å². The topological polar surface area (TPSA) is 58.9 Å². The Kier molecular flexibility index (Phi) is 2.87. The van der Waals surface area contributed by atoms with Crippen LogP contribution in [0.3, 0.4) is 0 Å². The van der Waals surface area contributed by atoms with Gasteiger partial charge in [-0.05, 0) is 17.7 Å². The van der Waals surface area contributed by atoms with Crippen molar-refractivity contribution in [1.29, 1.82) is 0 Å². The lowest BCUT2D eigenvalue weighted by molar-refractivity contribution is 0.564. The number of hydrogen-bond donors (Lipinski definition) is 0. The molecule has 1 aliphatic carbocycles. The van der Waals surface area contributed by atoms with Crippen molar-refractivity contribution in [3.8, 4) is 0 Å². The van der Waals surface area contributed by atoms with Crippen molar-refractivity contribution in [2.45, 2.75) is 6.42 Å². The van der Waals surface area contributed by atoms with Crippen molar-refractivity contribution in [3.63, 3.8) is 0 Å². The van der Waals surface area contributed by atoms with Gasteiger partial charge in [0.1, 0.15) is 0 Å². The molecule has 0 radical (unpaired) electrons. The molecule has 64 valence electrons. The molecule has 0 heterocycles. The monoisotopic (exact) mass is 174 g/mol. The van der Waals surface area contributed by atoms with Crippen molar-refractivity contribution in [2.75, 3.05) is 0 Å². The lowest BCUT2D eigenvalue weighted by Crippen LogP contribution is -1.91. The third-order valence-electron chi connectivity index (χ3n) is 1.44. The zero-order valence-electron chi connectivity index (χ0n) is 6.78. The average Bonchev–Trinajstić information content (AvgIpc) is 2.04. The molecule has 0 aromatic rings. The van der Waals surface area contributed by atoms with Crippen molar-refractivity contribution in [1.82, 2.24) is 0 Å². The number of isocyanates is 2. The van der Waals surface area contributed by atoms with Gasteiger partial charge in [0.25, 0.3) is 0 Å². The summed E-state index contributed by atoms with van der Waals surface area (Å²) < 4.78 is 0. The van der Waals surface area contributed by atoms with E-state index in [0.29, 0.717) is 17.8 Å². The SMILES string of the molecule is C=C1C=C(N=C=O)C=C(N=C=O)C1. The summed E-state index contributed by atoms with van der Waals surface area (Å²) in [7, 11) is 0. The molecule has 0 aliphatic heterocycles. The van der Waals surface area contributed by atoms with Gasteiger partial charge in [0.15, 0.2) is 0 Å². The van der Waals surface area contributed by atoms with Crippen LogP contribution in [0.4, 0.5) is 0 Å². The van der Waals surface area contributed by atoms with Crippen LogP contribution >= 0.6 is 0 Å². The molecule has 0 unspecified atom stereocenters. The molecule has 13 heavy (non-hydrogen) atoms. The van der Waals surface area contributed by atoms with Crippen molar-refractivity contribution >= 4 is 12.2 Å². The van der Waals surface area contributed by atoms with Crippen LogP contribution < -0.4 is 0 Å². The van der Waals surface area contributed by atoms with Crippen LogP contribution in [0.5, 0.6) is 0 Å². The maximum absolute atomic E-state index is 9.95. The van der Waals surface area contributed by atoms with Crippen LogP contribution in [0.15, 0.2) is 45.7 Å². The summed E-state index contributed by atoms with van der Waals surface area (Å²) in [5.74, 6) is 0. The molecule has 0 aromatic heterocycles. The molecular weight excluding hydrogens is 168 g/mol. The minimum absolute atomic E-state index is 0.403. The largest absolute Gasteiger partial charge is 0.240 e. The summed E-state index contributed by atoms with van der Waals surface area (Å²) in [4.78, 5) is 26.7. The molecule has 4 heteroatoms. The van der Waals surface area contributed by atoms with Gasteiger partial charge in [0.05, 0.1) is 11.4 Å². The van der Waals surface area contributed by atoms with Crippen LogP contribution in [0.25, 0.3) is 0 Å². The molecule has 0 saturated heterocycles. The van der Waals surface area contributed by atoms with Gasteiger partial charge in [-0.25, -0.2) is 9.59 Å². The smallest absolute Gasteiger partial charge is 0.211 e. The summed E-state index contributed by atoms with van der Waals surface area (Å²) in [6, 6.07) is 0. The Labute approximate surface area is 74.7 Å². The predicted octanol–water partition coefficient (Wildman–Crippen LogP) is 1.39. The second kappa shape index (κ2) is 4.12. The second-order valence-corrected chi connectivity index (χ2v) is 2.45. The normalized spacial score (nSPS) is 14.9. The molecule has 0 spiro atoms. The highest BCUT2D eigenvalue weighted by molar-refractivity contribution is 5.47. The van der Waals surface area contributed by atoms with E-state index >= 15 is 0 Å². The number of carbonyl (C=O) groups excluding carboxylic acids is 2. The Balaban J connectivity index is 3.03. The maximum Gasteiger partial charge on any atom is 0.240 e. The van der Waals surface area contributed by atoms with E-state index < -0.39 is 0 Å². The van der Waals surface area contributed by atoms with E-state index in [1.807, 2.05) is 0 Å². The molecule has 0 bridgehead atoms. The van der Waals surface area contributed by atoms with E-state index in [-0.39, 0.29) is 0 Å². The van der Waals surface area contributed by atoms with E-state index in [1.54, 1.807) is 6.08 Å². The van der Waals surface area contributed by atoms with Gasteiger partial charge in [-0.1, -0.05) is 6.58 Å². The summed E-state index contributed by atoms with van der Waals surface area (Å²) in [6.07, 6.45) is 6.45. The van der Waals surface area contributed by atoms with Gasteiger partial charge in [-0.15, -0.1) is 0 Å². The fourth-order valence-corrected chi connectivity index (χ4v) is 1.00. The van der Waals surface area contributed by atoms with Gasteiger partial charge < -0.3 is 0 Å². The number of hydrogen-bond acceptors (Lipinski definition) is 4. The molecule has 0 saturated carbocycles. The molecule has 0 N–H and O–H groups in total. The van der Waals surface area contributed by atoms with Gasteiger partial charge in [0.2, 0.25) is 12.2 Å². The van der Waals surface area contributed by atoms with Crippen molar-refractivity contribution in [3.05, 3.63) is 35.7 Å². The van der Waals surface area contributed by atoms with E-state index in [4.69, 9.17) is 0 Å². The van der Waals surface area contributed by atoms with E-state index in [9.17, 15) is 9.59 Å². The van der Waals surface area contributed by atoms with Crippen molar-refractivity contribution in [2.24, 2.45) is 9.98 Å². The van der Waals surface area contributed by atoms with Crippen LogP contribution in [-0.4, -0.2) is 12.2 Å². The Bertz CT molecular complexity index is 392. The van der Waals surface area contributed by atoms with E-state index in [0.717, 1.165) is 5.57 Å². The van der Waals surface area contributed by atoms with E-state index in [2.05, 4.69) is 16.6 Å². The van der Waals surface area contributed by atoms with Gasteiger partial charge in [-0.2, -0.15) is 9.98 Å². The Morgan fingerprint density at radius 2 is 1.92 bits per heavy atom. The highest BCUT2D eigenvalue weighted by Gasteiger charge is 2.06. The summed E-state index contributed by atoms with van der Waals surface area (Å²) in [6.45, 7) is 3.68. The van der Waals surface area contributed by atoms with Crippen molar-refractivity contribution < 1.29 is 9.59 Å². The quantitative estimate of drug-likeness (QED) is 0.469. The standard InChI is InChI=1S/C9H6N2O2/c1-7-2-8(10-5-12)4-9(3-7)11-6-13/h2,4H,1,3H2. The molecular formula is C9H6N2O2. The summed E-state index contributed by atoms with van der Waals surface area (Å²) in [5, 5.41) is 0. The Hall–Kier alpha value is -2.02. The number of allylic oxidation sites excluding steroid dienone is 3. The first-order chi connectivity index (χ1) is 6.26. The minimum Gasteiger partial charge on any atom is -0.211 e. The van der Waals surface area contributed by atoms with Gasteiger partial charge in [0, 0.05) is 6.42 Å². The minimum atomic E-state index is 0.403.